The van der Waals surface area contributed by atoms with Gasteiger partial charge in [-0.25, -0.2) is 0 Å². The van der Waals surface area contributed by atoms with Gasteiger partial charge in [0.25, 0.3) is 11.5 Å². The van der Waals surface area contributed by atoms with E-state index in [1.54, 1.807) is 4.57 Å². The first-order valence-corrected chi connectivity index (χ1v) is 10.8. The highest BCUT2D eigenvalue weighted by molar-refractivity contribution is 6.30. The SMILES string of the molecule is COc1cc(=O)n2c(c1C(=O)NCCC(C)C)CCN(Cc1cccc(Cl)c1)CC2. The average molecular weight is 432 g/mol. The average Bonchev–Trinajstić information content (AvgIpc) is 2.90. The van der Waals surface area contributed by atoms with Gasteiger partial charge in [0.2, 0.25) is 0 Å². The summed E-state index contributed by atoms with van der Waals surface area (Å²) in [4.78, 5) is 28.0. The topological polar surface area (TPSA) is 63.6 Å². The number of hydrogen-bond acceptors (Lipinski definition) is 4. The van der Waals surface area contributed by atoms with Crippen molar-refractivity contribution in [2.24, 2.45) is 5.92 Å². The Labute approximate surface area is 182 Å². The molecule has 1 aromatic heterocycles. The zero-order valence-corrected chi connectivity index (χ0v) is 18.7. The third-order valence-electron chi connectivity index (χ3n) is 5.44. The van der Waals surface area contributed by atoms with Crippen LogP contribution in [-0.4, -0.2) is 42.1 Å². The van der Waals surface area contributed by atoms with Crippen molar-refractivity contribution in [1.29, 1.82) is 0 Å². The Morgan fingerprint density at radius 3 is 2.73 bits per heavy atom. The smallest absolute Gasteiger partial charge is 0.256 e. The van der Waals surface area contributed by atoms with Crippen LogP contribution >= 0.6 is 11.6 Å². The largest absolute Gasteiger partial charge is 0.496 e. The molecule has 30 heavy (non-hydrogen) atoms. The van der Waals surface area contributed by atoms with E-state index in [0.29, 0.717) is 41.8 Å². The van der Waals surface area contributed by atoms with Crippen molar-refractivity contribution in [2.75, 3.05) is 26.7 Å². The fourth-order valence-corrected chi connectivity index (χ4v) is 4.03. The maximum absolute atomic E-state index is 13.0. The minimum atomic E-state index is -0.181. The summed E-state index contributed by atoms with van der Waals surface area (Å²) in [5, 5.41) is 3.70. The number of ether oxygens (including phenoxy) is 1. The number of carbonyl (C=O) groups excluding carboxylic acids is 1. The van der Waals surface area contributed by atoms with Crippen molar-refractivity contribution in [1.82, 2.24) is 14.8 Å². The number of halogens is 1. The molecule has 7 heteroatoms. The second-order valence-corrected chi connectivity index (χ2v) is 8.56. The Balaban J connectivity index is 1.83. The highest BCUT2D eigenvalue weighted by atomic mass is 35.5. The van der Waals surface area contributed by atoms with E-state index < -0.39 is 0 Å². The summed E-state index contributed by atoms with van der Waals surface area (Å²) in [6.07, 6.45) is 1.50. The molecule has 2 aromatic rings. The molecule has 0 bridgehead atoms. The van der Waals surface area contributed by atoms with Crippen LogP contribution in [0, 0.1) is 5.92 Å². The van der Waals surface area contributed by atoms with Crippen molar-refractivity contribution in [3.8, 4) is 5.75 Å². The number of aromatic nitrogens is 1. The van der Waals surface area contributed by atoms with Gasteiger partial charge >= 0.3 is 0 Å². The van der Waals surface area contributed by atoms with Gasteiger partial charge in [-0.05, 0) is 30.0 Å². The Kier molecular flexibility index (Phi) is 7.56. The number of fused-ring (bicyclic) bond motifs is 1. The summed E-state index contributed by atoms with van der Waals surface area (Å²) >= 11 is 6.12. The molecule has 0 spiro atoms. The maximum Gasteiger partial charge on any atom is 0.256 e. The number of nitrogens with one attached hydrogen (secondary N) is 1. The van der Waals surface area contributed by atoms with E-state index in [0.717, 1.165) is 37.3 Å². The summed E-state index contributed by atoms with van der Waals surface area (Å²) in [6, 6.07) is 9.24. The van der Waals surface area contributed by atoms with Crippen LogP contribution in [0.5, 0.6) is 5.75 Å². The summed E-state index contributed by atoms with van der Waals surface area (Å²) in [5.41, 5.74) is 2.22. The first-order chi connectivity index (χ1) is 14.4. The molecular weight excluding hydrogens is 402 g/mol. The molecule has 3 rings (SSSR count). The number of hydrogen-bond donors (Lipinski definition) is 1. The summed E-state index contributed by atoms with van der Waals surface area (Å²) in [5.74, 6) is 0.666. The zero-order valence-electron chi connectivity index (χ0n) is 17.9. The third kappa shape index (κ3) is 5.43. The molecule has 1 aliphatic rings. The van der Waals surface area contributed by atoms with E-state index in [2.05, 4.69) is 24.1 Å². The highest BCUT2D eigenvalue weighted by Gasteiger charge is 2.25. The predicted octanol–water partition coefficient (Wildman–Crippen LogP) is 3.34. The fraction of sp³-hybridized carbons (Fsp3) is 0.478. The molecule has 0 aliphatic carbocycles. The molecule has 1 aliphatic heterocycles. The highest BCUT2D eigenvalue weighted by Crippen LogP contribution is 2.23. The molecule has 0 saturated heterocycles. The van der Waals surface area contributed by atoms with Gasteiger partial charge in [-0.1, -0.05) is 37.6 Å². The standard InChI is InChI=1S/C23H30ClN3O3/c1-16(2)7-9-25-23(29)22-19-8-10-26(15-17-5-4-6-18(24)13-17)11-12-27(19)21(28)14-20(22)30-3/h4-6,13-14,16H,7-12,15H2,1-3H3,(H,25,29). The van der Waals surface area contributed by atoms with Gasteiger partial charge in [-0.2, -0.15) is 0 Å². The number of nitrogens with zero attached hydrogens (tertiary/aromatic N) is 2. The van der Waals surface area contributed by atoms with E-state index in [1.165, 1.54) is 13.2 Å². The summed E-state index contributed by atoms with van der Waals surface area (Å²) < 4.78 is 7.13. The fourth-order valence-electron chi connectivity index (χ4n) is 3.81. The lowest BCUT2D eigenvalue weighted by atomic mass is 10.1. The van der Waals surface area contributed by atoms with Gasteiger partial charge < -0.3 is 14.6 Å². The molecule has 1 N–H and O–H groups in total. The lowest BCUT2D eigenvalue weighted by Gasteiger charge is -2.19. The summed E-state index contributed by atoms with van der Waals surface area (Å²) in [6.45, 7) is 7.58. The molecule has 0 fully saturated rings. The number of amides is 1. The van der Waals surface area contributed by atoms with Crippen molar-refractivity contribution in [2.45, 2.75) is 39.8 Å². The normalized spacial score (nSPS) is 14.3. The predicted molar refractivity (Wildman–Crippen MR) is 119 cm³/mol. The number of methoxy groups -OCH3 is 1. The van der Waals surface area contributed by atoms with Crippen LogP contribution in [0.2, 0.25) is 5.02 Å². The molecule has 0 atom stereocenters. The quantitative estimate of drug-likeness (QED) is 0.730. The van der Waals surface area contributed by atoms with E-state index in [1.807, 2.05) is 24.3 Å². The zero-order chi connectivity index (χ0) is 21.7. The van der Waals surface area contributed by atoms with Gasteiger partial charge in [0, 0.05) is 55.9 Å². The first-order valence-electron chi connectivity index (χ1n) is 10.4. The van der Waals surface area contributed by atoms with Gasteiger partial charge in [0.05, 0.1) is 7.11 Å². The number of benzene rings is 1. The molecule has 0 unspecified atom stereocenters. The molecule has 1 aromatic carbocycles. The molecule has 162 valence electrons. The van der Waals surface area contributed by atoms with Gasteiger partial charge in [0.15, 0.2) is 0 Å². The van der Waals surface area contributed by atoms with Crippen molar-refractivity contribution < 1.29 is 9.53 Å². The van der Waals surface area contributed by atoms with E-state index >= 15 is 0 Å². The van der Waals surface area contributed by atoms with Gasteiger partial charge in [-0.3, -0.25) is 14.5 Å². The molecule has 2 heterocycles. The van der Waals surface area contributed by atoms with Crippen LogP contribution in [0.4, 0.5) is 0 Å². The number of carbonyl (C=O) groups is 1. The third-order valence-corrected chi connectivity index (χ3v) is 5.67. The molecule has 0 radical (unpaired) electrons. The first kappa shape index (κ1) is 22.4. The monoisotopic (exact) mass is 431 g/mol. The van der Waals surface area contributed by atoms with Crippen LogP contribution in [0.1, 0.15) is 41.9 Å². The molecule has 6 nitrogen and oxygen atoms in total. The second kappa shape index (κ2) is 10.1. The number of pyridine rings is 1. The second-order valence-electron chi connectivity index (χ2n) is 8.12. The Morgan fingerprint density at radius 1 is 1.23 bits per heavy atom. The number of rotatable bonds is 7. The van der Waals surface area contributed by atoms with Crippen LogP contribution in [0.3, 0.4) is 0 Å². The Bertz CT molecular complexity index is 955. The minimum absolute atomic E-state index is 0.134. The van der Waals surface area contributed by atoms with E-state index in [4.69, 9.17) is 16.3 Å². The summed E-state index contributed by atoms with van der Waals surface area (Å²) in [7, 11) is 1.50. The molecule has 1 amide bonds. The van der Waals surface area contributed by atoms with Crippen molar-refractivity contribution in [3.63, 3.8) is 0 Å². The van der Waals surface area contributed by atoms with E-state index in [9.17, 15) is 9.59 Å². The van der Waals surface area contributed by atoms with Crippen molar-refractivity contribution in [3.05, 3.63) is 62.5 Å². The van der Waals surface area contributed by atoms with Crippen LogP contribution in [0.15, 0.2) is 35.1 Å². The molecular formula is C23H30ClN3O3. The minimum Gasteiger partial charge on any atom is -0.496 e. The van der Waals surface area contributed by atoms with Crippen molar-refractivity contribution >= 4 is 17.5 Å². The van der Waals surface area contributed by atoms with Gasteiger partial charge in [0.1, 0.15) is 11.3 Å². The lowest BCUT2D eigenvalue weighted by molar-refractivity contribution is 0.0946. The lowest BCUT2D eigenvalue weighted by Crippen LogP contribution is -2.32. The van der Waals surface area contributed by atoms with Crippen LogP contribution < -0.4 is 15.6 Å². The molecule has 0 saturated carbocycles. The van der Waals surface area contributed by atoms with Crippen LogP contribution in [0.25, 0.3) is 0 Å². The maximum atomic E-state index is 13.0. The van der Waals surface area contributed by atoms with Crippen LogP contribution in [-0.2, 0) is 19.5 Å². The Morgan fingerprint density at radius 2 is 2.03 bits per heavy atom. The van der Waals surface area contributed by atoms with E-state index in [-0.39, 0.29) is 11.5 Å². The Hall–Kier alpha value is -2.31. The van der Waals surface area contributed by atoms with Gasteiger partial charge in [-0.15, -0.1) is 0 Å².